The van der Waals surface area contributed by atoms with Crippen LogP contribution in [-0.2, 0) is 26.3 Å². The van der Waals surface area contributed by atoms with Crippen LogP contribution >= 0.6 is 0 Å². The number of pyridine rings is 1. The highest BCUT2D eigenvalue weighted by Crippen LogP contribution is 2.43. The van der Waals surface area contributed by atoms with Crippen molar-refractivity contribution in [2.45, 2.75) is 53.9 Å². The highest BCUT2D eigenvalue weighted by atomic mass is 14.9. The lowest BCUT2D eigenvalue weighted by molar-refractivity contribution is -0.660. The molecule has 0 amide bonds. The Morgan fingerprint density at radius 1 is 0.844 bits per heavy atom. The fraction of sp³-hybridized carbons (Fsp3) is 0.323. The molecule has 0 radical (unpaired) electrons. The lowest BCUT2D eigenvalue weighted by atomic mass is 9.79. The monoisotopic (exact) mass is 420 g/mol. The molecule has 1 aliphatic rings. The van der Waals surface area contributed by atoms with Crippen molar-refractivity contribution in [2.75, 3.05) is 0 Å². The van der Waals surface area contributed by atoms with Crippen molar-refractivity contribution in [1.29, 1.82) is 0 Å². The molecule has 0 unspecified atom stereocenters. The number of aryl methyl sites for hydroxylation is 4. The van der Waals surface area contributed by atoms with Gasteiger partial charge in [0.25, 0.3) is 0 Å². The summed E-state index contributed by atoms with van der Waals surface area (Å²) in [4.78, 5) is 0. The molecule has 0 bridgehead atoms. The van der Waals surface area contributed by atoms with Crippen molar-refractivity contribution >= 4 is 10.8 Å². The van der Waals surface area contributed by atoms with E-state index < -0.39 is 0 Å². The van der Waals surface area contributed by atoms with Crippen molar-refractivity contribution in [3.8, 4) is 22.4 Å². The fourth-order valence-electron chi connectivity index (χ4n) is 5.55. The van der Waals surface area contributed by atoms with Crippen molar-refractivity contribution < 1.29 is 4.57 Å². The van der Waals surface area contributed by atoms with Gasteiger partial charge in [-0.05, 0) is 82.7 Å². The third-order valence-electron chi connectivity index (χ3n) is 7.01. The Labute approximate surface area is 192 Å². The van der Waals surface area contributed by atoms with Gasteiger partial charge in [-0.1, -0.05) is 69.3 Å². The molecule has 162 valence electrons. The summed E-state index contributed by atoms with van der Waals surface area (Å²) in [6.07, 6.45) is 5.61. The van der Waals surface area contributed by atoms with E-state index in [0.29, 0.717) is 0 Å². The summed E-state index contributed by atoms with van der Waals surface area (Å²) >= 11 is 0. The average Bonchev–Trinajstić information content (AvgIpc) is 2.74. The van der Waals surface area contributed by atoms with E-state index >= 15 is 0 Å². The maximum absolute atomic E-state index is 2.46. The lowest BCUT2D eigenvalue weighted by Gasteiger charge is -2.25. The number of aromatic nitrogens is 1. The van der Waals surface area contributed by atoms with Gasteiger partial charge in [0, 0.05) is 11.6 Å². The van der Waals surface area contributed by atoms with Crippen LogP contribution in [0.3, 0.4) is 0 Å². The summed E-state index contributed by atoms with van der Waals surface area (Å²) in [6, 6.07) is 20.6. The van der Waals surface area contributed by atoms with E-state index in [0.717, 1.165) is 19.3 Å². The summed E-state index contributed by atoms with van der Waals surface area (Å²) in [5.74, 6) is 0. The minimum Gasteiger partial charge on any atom is -0.201 e. The molecule has 4 aromatic rings. The van der Waals surface area contributed by atoms with Crippen LogP contribution < -0.4 is 4.57 Å². The maximum atomic E-state index is 2.46. The first-order chi connectivity index (χ1) is 15.2. The zero-order chi connectivity index (χ0) is 22.6. The van der Waals surface area contributed by atoms with Gasteiger partial charge in [0.2, 0.25) is 5.69 Å². The highest BCUT2D eigenvalue weighted by molar-refractivity contribution is 6.00. The number of nitrogens with zero attached hydrogens (tertiary/aromatic N) is 1. The molecule has 0 atom stereocenters. The van der Waals surface area contributed by atoms with Gasteiger partial charge in [-0.3, -0.25) is 0 Å². The summed E-state index contributed by atoms with van der Waals surface area (Å²) in [5, 5.41) is 2.71. The minimum absolute atomic E-state index is 0.269. The van der Waals surface area contributed by atoms with E-state index in [9.17, 15) is 0 Å². The van der Waals surface area contributed by atoms with Gasteiger partial charge >= 0.3 is 0 Å². The van der Waals surface area contributed by atoms with E-state index in [1.165, 1.54) is 61.0 Å². The molecule has 0 fully saturated rings. The number of fused-ring (bicyclic) bond motifs is 5. The Hall–Kier alpha value is -2.93. The van der Waals surface area contributed by atoms with Crippen LogP contribution in [0.25, 0.3) is 33.2 Å². The van der Waals surface area contributed by atoms with E-state index in [1.54, 1.807) is 0 Å². The number of rotatable bonds is 2. The van der Waals surface area contributed by atoms with Gasteiger partial charge in [0.1, 0.15) is 7.05 Å². The molecule has 1 aliphatic carbocycles. The average molecular weight is 421 g/mol. The normalized spacial score (nSPS) is 13.2. The van der Waals surface area contributed by atoms with Crippen molar-refractivity contribution in [1.82, 2.24) is 0 Å². The highest BCUT2D eigenvalue weighted by Gasteiger charge is 2.27. The quantitative estimate of drug-likeness (QED) is 0.300. The minimum atomic E-state index is 0.269. The molecule has 0 saturated heterocycles. The predicted octanol–water partition coefficient (Wildman–Crippen LogP) is 7.30. The zero-order valence-electron chi connectivity index (χ0n) is 20.3. The molecular formula is C31H34N+. The second-order valence-corrected chi connectivity index (χ2v) is 10.8. The van der Waals surface area contributed by atoms with Crippen LogP contribution in [0.15, 0.2) is 60.8 Å². The Balaban J connectivity index is 1.77. The first kappa shape index (κ1) is 20.9. The summed E-state index contributed by atoms with van der Waals surface area (Å²) in [6.45, 7) is 11.5. The molecule has 0 N–H and O–H groups in total. The van der Waals surface area contributed by atoms with Gasteiger partial charge in [-0.15, -0.1) is 0 Å². The van der Waals surface area contributed by atoms with Gasteiger partial charge in [-0.25, -0.2) is 4.57 Å². The van der Waals surface area contributed by atoms with E-state index in [4.69, 9.17) is 0 Å². The summed E-state index contributed by atoms with van der Waals surface area (Å²) in [5.41, 5.74) is 13.1. The largest absolute Gasteiger partial charge is 0.213 e. The number of benzene rings is 3. The predicted molar refractivity (Wildman–Crippen MR) is 136 cm³/mol. The second-order valence-electron chi connectivity index (χ2n) is 10.8. The molecule has 1 aromatic heterocycles. The molecule has 0 spiro atoms. The first-order valence-corrected chi connectivity index (χ1v) is 11.9. The van der Waals surface area contributed by atoms with Gasteiger partial charge < -0.3 is 0 Å². The van der Waals surface area contributed by atoms with Crippen LogP contribution in [0, 0.1) is 19.3 Å². The number of hydrogen-bond acceptors (Lipinski definition) is 0. The standard InChI is InChI=1S/C31H34N/c1-20-11-15-27-26(16-14-23-13-12-22-9-7-8-10-25(22)30(23)27)29(20)28-17-24(18-31(3,4)5)21(2)19-32(28)6/h7-13,15,17,19H,14,16,18H2,1-6H3/q+1. The molecule has 32 heavy (non-hydrogen) atoms. The van der Waals surface area contributed by atoms with Crippen LogP contribution in [0.4, 0.5) is 0 Å². The van der Waals surface area contributed by atoms with E-state index in [2.05, 4.69) is 107 Å². The summed E-state index contributed by atoms with van der Waals surface area (Å²) in [7, 11) is 2.20. The molecule has 5 rings (SSSR count). The van der Waals surface area contributed by atoms with Gasteiger partial charge in [-0.2, -0.15) is 0 Å². The lowest BCUT2D eigenvalue weighted by Crippen LogP contribution is -2.33. The molecule has 1 heteroatoms. The summed E-state index contributed by atoms with van der Waals surface area (Å²) < 4.78 is 2.34. The smallest absolute Gasteiger partial charge is 0.201 e. The Morgan fingerprint density at radius 3 is 2.41 bits per heavy atom. The molecule has 1 heterocycles. The van der Waals surface area contributed by atoms with Crippen molar-refractivity contribution in [3.05, 3.63) is 88.6 Å². The van der Waals surface area contributed by atoms with Crippen LogP contribution in [-0.4, -0.2) is 0 Å². The van der Waals surface area contributed by atoms with E-state index in [-0.39, 0.29) is 5.41 Å². The molecule has 0 aliphatic heterocycles. The van der Waals surface area contributed by atoms with Crippen LogP contribution in [0.5, 0.6) is 0 Å². The molecular weight excluding hydrogens is 386 g/mol. The molecule has 3 aromatic carbocycles. The SMILES string of the molecule is Cc1c[n+](C)c(-c2c(C)ccc3c2CCc2ccc4ccccc4c2-3)cc1CC(C)(C)C. The Morgan fingerprint density at radius 2 is 1.62 bits per heavy atom. The Bertz CT molecular complexity index is 1350. The third-order valence-corrected chi connectivity index (χ3v) is 7.01. The second kappa shape index (κ2) is 7.59. The van der Waals surface area contributed by atoms with Gasteiger partial charge in [0.15, 0.2) is 6.20 Å². The topological polar surface area (TPSA) is 3.88 Å². The zero-order valence-corrected chi connectivity index (χ0v) is 20.3. The van der Waals surface area contributed by atoms with Crippen molar-refractivity contribution in [3.63, 3.8) is 0 Å². The molecule has 0 saturated carbocycles. The number of hydrogen-bond donors (Lipinski definition) is 0. The molecule has 1 nitrogen and oxygen atoms in total. The Kier molecular flexibility index (Phi) is 4.97. The van der Waals surface area contributed by atoms with Crippen LogP contribution in [0.2, 0.25) is 0 Å². The first-order valence-electron chi connectivity index (χ1n) is 11.9. The van der Waals surface area contributed by atoms with Crippen LogP contribution in [0.1, 0.15) is 48.6 Å². The fourth-order valence-corrected chi connectivity index (χ4v) is 5.55. The van der Waals surface area contributed by atoms with Gasteiger partial charge in [0.05, 0.1) is 5.56 Å². The van der Waals surface area contributed by atoms with Crippen molar-refractivity contribution in [2.24, 2.45) is 12.5 Å². The maximum Gasteiger partial charge on any atom is 0.213 e. The van der Waals surface area contributed by atoms with E-state index in [1.807, 2.05) is 0 Å². The third kappa shape index (κ3) is 3.54.